The molecule has 0 saturated heterocycles. The van der Waals surface area contributed by atoms with Gasteiger partial charge in [0.25, 0.3) is 11.5 Å². The molecule has 0 atom stereocenters. The quantitative estimate of drug-likeness (QED) is 0.909. The van der Waals surface area contributed by atoms with Crippen LogP contribution in [0.5, 0.6) is 0 Å². The number of rotatable bonds is 5. The van der Waals surface area contributed by atoms with Crippen LogP contribution in [-0.2, 0) is 12.7 Å². The monoisotopic (exact) mass is 339 g/mol. The predicted molar refractivity (Wildman–Crippen MR) is 82.8 cm³/mol. The third-order valence-electron chi connectivity index (χ3n) is 3.29. The minimum atomic E-state index is -4.43. The van der Waals surface area contributed by atoms with Crippen molar-refractivity contribution in [3.8, 4) is 0 Å². The molecule has 0 unspecified atom stereocenters. The Morgan fingerprint density at radius 3 is 2.42 bits per heavy atom. The molecule has 24 heavy (non-hydrogen) atoms. The molecule has 2 rings (SSSR count). The summed E-state index contributed by atoms with van der Waals surface area (Å²) in [5.41, 5.74) is -0.882. The van der Waals surface area contributed by atoms with Crippen LogP contribution in [0.25, 0.3) is 0 Å². The van der Waals surface area contributed by atoms with E-state index in [0.717, 1.165) is 37.1 Å². The number of nitrogens with one attached hydrogen (secondary N) is 1. The van der Waals surface area contributed by atoms with Crippen molar-refractivity contribution in [2.24, 2.45) is 0 Å². The van der Waals surface area contributed by atoms with E-state index in [2.05, 4.69) is 10.4 Å². The molecule has 128 valence electrons. The lowest BCUT2D eigenvalue weighted by molar-refractivity contribution is -0.137. The Morgan fingerprint density at radius 1 is 1.17 bits per heavy atom. The van der Waals surface area contributed by atoms with E-state index in [-0.39, 0.29) is 16.9 Å². The van der Waals surface area contributed by atoms with Gasteiger partial charge in [0.05, 0.1) is 5.56 Å². The summed E-state index contributed by atoms with van der Waals surface area (Å²) < 4.78 is 38.7. The zero-order valence-corrected chi connectivity index (χ0v) is 12.9. The van der Waals surface area contributed by atoms with E-state index in [9.17, 15) is 22.8 Å². The summed E-state index contributed by atoms with van der Waals surface area (Å²) in [6.07, 6.45) is -2.81. The standard InChI is InChI=1S/C16H16F3N3O2/c1-2-3-10-22-14(23)9-8-13(21-22)15(24)20-12-6-4-11(5-7-12)16(17,18)19/h4-9H,2-3,10H2,1H3,(H,20,24). The number of aryl methyl sites for hydroxylation is 1. The molecule has 1 N–H and O–H groups in total. The molecule has 8 heteroatoms. The highest BCUT2D eigenvalue weighted by Gasteiger charge is 2.30. The first kappa shape index (κ1) is 17.7. The van der Waals surface area contributed by atoms with Gasteiger partial charge in [-0.15, -0.1) is 0 Å². The lowest BCUT2D eigenvalue weighted by Crippen LogP contribution is -2.26. The van der Waals surface area contributed by atoms with E-state index in [1.165, 1.54) is 16.8 Å². The van der Waals surface area contributed by atoms with Gasteiger partial charge in [0.1, 0.15) is 5.69 Å². The molecule has 0 aliphatic carbocycles. The van der Waals surface area contributed by atoms with Crippen molar-refractivity contribution in [2.75, 3.05) is 5.32 Å². The molecule has 0 aliphatic rings. The number of anilines is 1. The van der Waals surface area contributed by atoms with Gasteiger partial charge in [-0.1, -0.05) is 13.3 Å². The minimum Gasteiger partial charge on any atom is -0.321 e. The fourth-order valence-corrected chi connectivity index (χ4v) is 1.98. The topological polar surface area (TPSA) is 64.0 Å². The molecule has 1 amide bonds. The van der Waals surface area contributed by atoms with Gasteiger partial charge in [-0.3, -0.25) is 9.59 Å². The van der Waals surface area contributed by atoms with Crippen LogP contribution in [0.3, 0.4) is 0 Å². The molecule has 1 aromatic heterocycles. The molecule has 0 saturated carbocycles. The number of carbonyl (C=O) groups excluding carboxylic acids is 1. The summed E-state index contributed by atoms with van der Waals surface area (Å²) in [7, 11) is 0. The molecule has 0 bridgehead atoms. The van der Waals surface area contributed by atoms with Crippen LogP contribution in [0.4, 0.5) is 18.9 Å². The summed E-state index contributed by atoms with van der Waals surface area (Å²) in [6, 6.07) is 6.60. The molecule has 1 aromatic carbocycles. The molecule has 2 aromatic rings. The number of alkyl halides is 3. The van der Waals surface area contributed by atoms with Gasteiger partial charge in [-0.25, -0.2) is 4.68 Å². The zero-order valence-electron chi connectivity index (χ0n) is 12.9. The Morgan fingerprint density at radius 2 is 1.83 bits per heavy atom. The number of benzene rings is 1. The number of halogens is 3. The maximum Gasteiger partial charge on any atom is 0.416 e. The summed E-state index contributed by atoms with van der Waals surface area (Å²) in [5, 5.41) is 6.43. The highest BCUT2D eigenvalue weighted by molar-refractivity contribution is 6.02. The Labute approximate surface area is 136 Å². The largest absolute Gasteiger partial charge is 0.416 e. The summed E-state index contributed by atoms with van der Waals surface area (Å²) in [6.45, 7) is 2.36. The number of aromatic nitrogens is 2. The highest BCUT2D eigenvalue weighted by atomic mass is 19.4. The number of unbranched alkanes of at least 4 members (excludes halogenated alkanes) is 1. The second kappa shape index (κ2) is 7.29. The molecule has 0 spiro atoms. The van der Waals surface area contributed by atoms with Crippen molar-refractivity contribution in [3.05, 3.63) is 58.0 Å². The van der Waals surface area contributed by atoms with E-state index < -0.39 is 17.6 Å². The average molecular weight is 339 g/mol. The van der Waals surface area contributed by atoms with Gasteiger partial charge in [-0.05, 0) is 36.8 Å². The lowest BCUT2D eigenvalue weighted by atomic mass is 10.2. The van der Waals surface area contributed by atoms with Gasteiger partial charge in [0, 0.05) is 18.3 Å². The van der Waals surface area contributed by atoms with Gasteiger partial charge in [0.15, 0.2) is 0 Å². The van der Waals surface area contributed by atoms with Gasteiger partial charge < -0.3 is 5.32 Å². The van der Waals surface area contributed by atoms with Crippen molar-refractivity contribution >= 4 is 11.6 Å². The third-order valence-corrected chi connectivity index (χ3v) is 3.29. The van der Waals surface area contributed by atoms with E-state index >= 15 is 0 Å². The minimum absolute atomic E-state index is 0.0191. The van der Waals surface area contributed by atoms with Crippen molar-refractivity contribution in [2.45, 2.75) is 32.5 Å². The van der Waals surface area contributed by atoms with Crippen LogP contribution < -0.4 is 10.9 Å². The lowest BCUT2D eigenvalue weighted by Gasteiger charge is -2.09. The fraction of sp³-hybridized carbons (Fsp3) is 0.312. The molecule has 5 nitrogen and oxygen atoms in total. The van der Waals surface area contributed by atoms with Crippen LogP contribution in [0.2, 0.25) is 0 Å². The second-order valence-corrected chi connectivity index (χ2v) is 5.16. The molecular formula is C16H16F3N3O2. The van der Waals surface area contributed by atoms with E-state index in [1.807, 2.05) is 6.92 Å². The van der Waals surface area contributed by atoms with E-state index in [1.54, 1.807) is 0 Å². The van der Waals surface area contributed by atoms with Crippen LogP contribution in [0, 0.1) is 0 Å². The molecule has 0 aliphatic heterocycles. The summed E-state index contributed by atoms with van der Waals surface area (Å²) >= 11 is 0. The van der Waals surface area contributed by atoms with Crippen molar-refractivity contribution in [1.82, 2.24) is 9.78 Å². The Kier molecular flexibility index (Phi) is 5.38. The Bertz CT molecular complexity index is 767. The van der Waals surface area contributed by atoms with Crippen molar-refractivity contribution in [1.29, 1.82) is 0 Å². The van der Waals surface area contributed by atoms with Crippen LogP contribution in [-0.4, -0.2) is 15.7 Å². The van der Waals surface area contributed by atoms with Crippen molar-refractivity contribution in [3.63, 3.8) is 0 Å². The normalized spacial score (nSPS) is 11.3. The van der Waals surface area contributed by atoms with Gasteiger partial charge in [0.2, 0.25) is 0 Å². The smallest absolute Gasteiger partial charge is 0.321 e. The zero-order chi connectivity index (χ0) is 17.7. The number of hydrogen-bond donors (Lipinski definition) is 1. The van der Waals surface area contributed by atoms with Crippen molar-refractivity contribution < 1.29 is 18.0 Å². The number of carbonyl (C=O) groups is 1. The van der Waals surface area contributed by atoms with Crippen LogP contribution in [0.1, 0.15) is 35.8 Å². The fourth-order valence-electron chi connectivity index (χ4n) is 1.98. The van der Waals surface area contributed by atoms with Gasteiger partial charge in [-0.2, -0.15) is 18.3 Å². The highest BCUT2D eigenvalue weighted by Crippen LogP contribution is 2.29. The third kappa shape index (κ3) is 4.43. The average Bonchev–Trinajstić information content (AvgIpc) is 2.53. The summed E-state index contributed by atoms with van der Waals surface area (Å²) in [4.78, 5) is 23.8. The summed E-state index contributed by atoms with van der Waals surface area (Å²) in [5.74, 6) is -0.597. The number of nitrogens with zero attached hydrogens (tertiary/aromatic N) is 2. The van der Waals surface area contributed by atoms with Crippen LogP contribution >= 0.6 is 0 Å². The van der Waals surface area contributed by atoms with E-state index in [0.29, 0.717) is 6.54 Å². The second-order valence-electron chi connectivity index (χ2n) is 5.16. The maximum absolute atomic E-state index is 12.5. The first-order valence-corrected chi connectivity index (χ1v) is 7.38. The Balaban J connectivity index is 2.13. The maximum atomic E-state index is 12.5. The number of amides is 1. The predicted octanol–water partition coefficient (Wildman–Crippen LogP) is 3.31. The SMILES string of the molecule is CCCCn1nc(C(=O)Nc2ccc(C(F)(F)F)cc2)ccc1=O. The molecule has 0 radical (unpaired) electrons. The van der Waals surface area contributed by atoms with E-state index in [4.69, 9.17) is 0 Å². The first-order chi connectivity index (χ1) is 11.3. The molecule has 0 fully saturated rings. The first-order valence-electron chi connectivity index (χ1n) is 7.38. The van der Waals surface area contributed by atoms with Crippen LogP contribution in [0.15, 0.2) is 41.2 Å². The van der Waals surface area contributed by atoms with Gasteiger partial charge >= 0.3 is 6.18 Å². The Hall–Kier alpha value is -2.64. The molecular weight excluding hydrogens is 323 g/mol. The number of hydrogen-bond acceptors (Lipinski definition) is 3. The molecule has 1 heterocycles.